The van der Waals surface area contributed by atoms with Crippen LogP contribution in [-0.4, -0.2) is 17.6 Å². The molecule has 3 N–H and O–H groups in total. The first kappa shape index (κ1) is 15.6. The van der Waals surface area contributed by atoms with Crippen LogP contribution in [0.1, 0.15) is 6.92 Å². The molecule has 1 aromatic carbocycles. The largest absolute Gasteiger partial charge is 0.415 e. The Morgan fingerprint density at radius 3 is 2.26 bits per heavy atom. The number of nitrogens with two attached hydrogens (primary N) is 1. The summed E-state index contributed by atoms with van der Waals surface area (Å²) in [5, 5.41) is 1.02. The summed E-state index contributed by atoms with van der Waals surface area (Å²) in [6.45, 7) is 0.414. The molecular formula is C10H8ClF5N2O. The van der Waals surface area contributed by atoms with Crippen molar-refractivity contribution in [1.29, 1.82) is 0 Å². The van der Waals surface area contributed by atoms with Crippen molar-refractivity contribution in [2.24, 2.45) is 5.73 Å². The van der Waals surface area contributed by atoms with E-state index in [2.05, 4.69) is 0 Å². The quantitative estimate of drug-likeness (QED) is 0.825. The number of amides is 1. The van der Waals surface area contributed by atoms with Crippen molar-refractivity contribution >= 4 is 23.2 Å². The topological polar surface area (TPSA) is 55.1 Å². The Bertz CT molecular complexity index is 492. The van der Waals surface area contributed by atoms with Crippen molar-refractivity contribution in [3.8, 4) is 0 Å². The van der Waals surface area contributed by atoms with Gasteiger partial charge >= 0.3 is 6.18 Å². The van der Waals surface area contributed by atoms with Crippen LogP contribution in [0.4, 0.5) is 27.6 Å². The molecule has 0 aliphatic heterocycles. The first-order valence-corrected chi connectivity index (χ1v) is 5.16. The molecule has 0 radical (unpaired) electrons. The molecule has 0 fully saturated rings. The van der Waals surface area contributed by atoms with Gasteiger partial charge in [0.15, 0.2) is 11.4 Å². The predicted molar refractivity (Wildman–Crippen MR) is 58.6 cm³/mol. The van der Waals surface area contributed by atoms with Crippen LogP contribution in [0.2, 0.25) is 5.02 Å². The summed E-state index contributed by atoms with van der Waals surface area (Å²) in [5.41, 5.74) is 0.830. The third-order valence-electron chi connectivity index (χ3n) is 2.31. The Labute approximate surface area is 109 Å². The number of alkyl halides is 3. The SMILES string of the molecule is CC(N)(C(=O)Nc1c(F)cc(F)cc1Cl)C(F)(F)F. The molecule has 106 valence electrons. The Kier molecular flexibility index (Phi) is 4.06. The van der Waals surface area contributed by atoms with Crippen LogP contribution in [0.5, 0.6) is 0 Å². The van der Waals surface area contributed by atoms with E-state index in [4.69, 9.17) is 17.3 Å². The number of halogens is 6. The van der Waals surface area contributed by atoms with E-state index in [0.717, 1.165) is 0 Å². The standard InChI is InChI=1S/C10H8ClF5N2O/c1-9(17,10(14,15)16)8(19)18-7-5(11)2-4(12)3-6(7)13/h2-3H,17H2,1H3,(H,18,19). The smallest absolute Gasteiger partial charge is 0.320 e. The average Bonchev–Trinajstić information content (AvgIpc) is 2.21. The second kappa shape index (κ2) is 4.93. The highest BCUT2D eigenvalue weighted by atomic mass is 35.5. The van der Waals surface area contributed by atoms with Gasteiger partial charge < -0.3 is 11.1 Å². The molecule has 0 bridgehead atoms. The maximum Gasteiger partial charge on any atom is 0.415 e. The summed E-state index contributed by atoms with van der Waals surface area (Å²) >= 11 is 5.43. The molecule has 3 nitrogen and oxygen atoms in total. The van der Waals surface area contributed by atoms with E-state index >= 15 is 0 Å². The summed E-state index contributed by atoms with van der Waals surface area (Å²) < 4.78 is 63.5. The normalized spacial score (nSPS) is 14.9. The number of nitrogens with one attached hydrogen (secondary N) is 1. The van der Waals surface area contributed by atoms with Gasteiger partial charge in [-0.1, -0.05) is 11.6 Å². The van der Waals surface area contributed by atoms with Gasteiger partial charge in [0.1, 0.15) is 5.82 Å². The van der Waals surface area contributed by atoms with Gasteiger partial charge in [0.25, 0.3) is 5.91 Å². The number of benzene rings is 1. The van der Waals surface area contributed by atoms with Crippen LogP contribution in [-0.2, 0) is 4.79 Å². The molecule has 0 heterocycles. The maximum atomic E-state index is 13.3. The summed E-state index contributed by atoms with van der Waals surface area (Å²) in [6.07, 6.45) is -5.04. The Morgan fingerprint density at radius 2 is 1.84 bits per heavy atom. The van der Waals surface area contributed by atoms with Crippen molar-refractivity contribution in [3.05, 3.63) is 28.8 Å². The van der Waals surface area contributed by atoms with Gasteiger partial charge in [-0.25, -0.2) is 8.78 Å². The molecule has 1 amide bonds. The second-order valence-electron chi connectivity index (χ2n) is 3.90. The van der Waals surface area contributed by atoms with Crippen molar-refractivity contribution in [2.75, 3.05) is 5.32 Å². The molecule has 1 rings (SSSR count). The van der Waals surface area contributed by atoms with Gasteiger partial charge in [0, 0.05) is 6.07 Å². The van der Waals surface area contributed by atoms with Crippen molar-refractivity contribution in [1.82, 2.24) is 0 Å². The van der Waals surface area contributed by atoms with Gasteiger partial charge in [0.05, 0.1) is 10.7 Å². The zero-order chi connectivity index (χ0) is 15.0. The number of anilines is 1. The van der Waals surface area contributed by atoms with E-state index < -0.39 is 40.0 Å². The summed E-state index contributed by atoms with van der Waals surface area (Å²) in [7, 11) is 0. The molecule has 9 heteroatoms. The van der Waals surface area contributed by atoms with Crippen LogP contribution in [0.3, 0.4) is 0 Å². The minimum atomic E-state index is -5.04. The predicted octanol–water partition coefficient (Wildman–Crippen LogP) is 2.84. The average molecular weight is 303 g/mol. The third-order valence-corrected chi connectivity index (χ3v) is 2.60. The zero-order valence-corrected chi connectivity index (χ0v) is 10.2. The fourth-order valence-electron chi connectivity index (χ4n) is 1.03. The number of carbonyl (C=O) groups is 1. The molecule has 0 aliphatic rings. The van der Waals surface area contributed by atoms with Crippen LogP contribution in [0, 0.1) is 11.6 Å². The van der Waals surface area contributed by atoms with E-state index in [1.807, 2.05) is 0 Å². The Balaban J connectivity index is 3.08. The zero-order valence-electron chi connectivity index (χ0n) is 9.41. The molecule has 0 aliphatic carbocycles. The lowest BCUT2D eigenvalue weighted by molar-refractivity contribution is -0.184. The van der Waals surface area contributed by atoms with Gasteiger partial charge in [-0.2, -0.15) is 13.2 Å². The van der Waals surface area contributed by atoms with Crippen molar-refractivity contribution in [3.63, 3.8) is 0 Å². The van der Waals surface area contributed by atoms with E-state index in [9.17, 15) is 26.7 Å². The van der Waals surface area contributed by atoms with Crippen LogP contribution < -0.4 is 11.1 Å². The molecule has 0 spiro atoms. The Morgan fingerprint density at radius 1 is 1.32 bits per heavy atom. The molecule has 1 aromatic rings. The maximum absolute atomic E-state index is 13.3. The van der Waals surface area contributed by atoms with E-state index in [0.29, 0.717) is 19.1 Å². The van der Waals surface area contributed by atoms with Gasteiger partial charge in [-0.3, -0.25) is 4.79 Å². The molecule has 0 saturated heterocycles. The molecule has 0 aromatic heterocycles. The van der Waals surface area contributed by atoms with Gasteiger partial charge in [-0.15, -0.1) is 0 Å². The number of carbonyl (C=O) groups excluding carboxylic acids is 1. The lowest BCUT2D eigenvalue weighted by Gasteiger charge is -2.26. The van der Waals surface area contributed by atoms with Crippen LogP contribution in [0.25, 0.3) is 0 Å². The van der Waals surface area contributed by atoms with Gasteiger partial charge in [0.2, 0.25) is 0 Å². The summed E-state index contributed by atoms with van der Waals surface area (Å²) in [4.78, 5) is 11.4. The summed E-state index contributed by atoms with van der Waals surface area (Å²) in [6, 6.07) is 1.00. The fraction of sp³-hybridized carbons (Fsp3) is 0.300. The van der Waals surface area contributed by atoms with E-state index in [1.165, 1.54) is 0 Å². The third kappa shape index (κ3) is 3.13. The molecule has 1 unspecified atom stereocenters. The number of rotatable bonds is 2. The van der Waals surface area contributed by atoms with Gasteiger partial charge in [-0.05, 0) is 13.0 Å². The minimum absolute atomic E-state index is 0.364. The first-order valence-electron chi connectivity index (χ1n) is 4.78. The lowest BCUT2D eigenvalue weighted by Crippen LogP contribution is -2.59. The summed E-state index contributed by atoms with van der Waals surface area (Å²) in [5.74, 6) is -4.06. The van der Waals surface area contributed by atoms with Crippen molar-refractivity contribution in [2.45, 2.75) is 18.6 Å². The lowest BCUT2D eigenvalue weighted by atomic mass is 10.0. The Hall–Kier alpha value is -1.41. The monoisotopic (exact) mass is 302 g/mol. The van der Waals surface area contributed by atoms with Crippen LogP contribution in [0.15, 0.2) is 12.1 Å². The highest BCUT2D eigenvalue weighted by molar-refractivity contribution is 6.33. The number of hydrogen-bond acceptors (Lipinski definition) is 2. The molecule has 0 saturated carbocycles. The van der Waals surface area contributed by atoms with E-state index in [-0.39, 0.29) is 0 Å². The van der Waals surface area contributed by atoms with E-state index in [1.54, 1.807) is 5.32 Å². The number of hydrogen-bond donors (Lipinski definition) is 2. The highest BCUT2D eigenvalue weighted by Crippen LogP contribution is 2.31. The highest BCUT2D eigenvalue weighted by Gasteiger charge is 2.54. The first-order chi connectivity index (χ1) is 8.46. The van der Waals surface area contributed by atoms with Crippen molar-refractivity contribution < 1.29 is 26.7 Å². The molecule has 1 atom stereocenters. The fourth-order valence-corrected chi connectivity index (χ4v) is 1.28. The molecule has 19 heavy (non-hydrogen) atoms. The second-order valence-corrected chi connectivity index (χ2v) is 4.31. The molecular weight excluding hydrogens is 295 g/mol. The minimum Gasteiger partial charge on any atom is -0.320 e. The van der Waals surface area contributed by atoms with Crippen LogP contribution >= 0.6 is 11.6 Å².